The van der Waals surface area contributed by atoms with Crippen LogP contribution in [-0.2, 0) is 17.6 Å². The molecule has 2 heterocycles. The van der Waals surface area contributed by atoms with Crippen molar-refractivity contribution in [2.24, 2.45) is 0 Å². The molecule has 0 aliphatic rings. The number of rotatable bonds is 8. The highest BCUT2D eigenvalue weighted by Crippen LogP contribution is 2.25. The van der Waals surface area contributed by atoms with Crippen molar-refractivity contribution in [3.63, 3.8) is 0 Å². The molecule has 0 unspecified atom stereocenters. The minimum atomic E-state index is -0.365. The second kappa shape index (κ2) is 9.66. The fourth-order valence-corrected chi connectivity index (χ4v) is 3.96. The van der Waals surface area contributed by atoms with Gasteiger partial charge in [-0.1, -0.05) is 42.0 Å². The maximum absolute atomic E-state index is 13.8. The number of carbonyl (C=O) groups excluding carboxylic acids is 1. The zero-order chi connectivity index (χ0) is 21.6. The molecular weight excluding hydrogens is 413 g/mol. The molecule has 31 heavy (non-hydrogen) atoms. The van der Waals surface area contributed by atoms with E-state index in [2.05, 4.69) is 46.5 Å². The van der Waals surface area contributed by atoms with E-state index < -0.39 is 0 Å². The molecule has 0 atom stereocenters. The van der Waals surface area contributed by atoms with Crippen LogP contribution in [0.15, 0.2) is 64.5 Å². The van der Waals surface area contributed by atoms with Gasteiger partial charge in [-0.05, 0) is 19.1 Å². The van der Waals surface area contributed by atoms with Gasteiger partial charge >= 0.3 is 0 Å². The van der Waals surface area contributed by atoms with Crippen LogP contribution in [0, 0.1) is 12.7 Å². The molecule has 0 radical (unpaired) electrons. The average Bonchev–Trinajstić information content (AvgIpc) is 3.43. The van der Waals surface area contributed by atoms with E-state index in [9.17, 15) is 9.18 Å². The number of benzene rings is 2. The first-order valence-electron chi connectivity index (χ1n) is 10.1. The van der Waals surface area contributed by atoms with Crippen LogP contribution in [0.1, 0.15) is 23.6 Å². The number of aromatic nitrogens is 2. The number of nitrogens with one attached hydrogen (secondary N) is 1. The Hall–Kier alpha value is -3.32. The number of amides is 1. The first kappa shape index (κ1) is 20.9. The summed E-state index contributed by atoms with van der Waals surface area (Å²) < 4.78 is 19.4. The van der Waals surface area contributed by atoms with Gasteiger partial charge in [0.25, 0.3) is 0 Å². The van der Waals surface area contributed by atoms with Crippen LogP contribution in [0.4, 0.5) is 4.39 Å². The topological polar surface area (TPSA) is 68.0 Å². The van der Waals surface area contributed by atoms with Gasteiger partial charge in [-0.3, -0.25) is 4.79 Å². The van der Waals surface area contributed by atoms with E-state index >= 15 is 0 Å². The number of hydrogen-bond donors (Lipinski definition) is 1. The second-order valence-electron chi connectivity index (χ2n) is 7.21. The van der Waals surface area contributed by atoms with Crippen molar-refractivity contribution in [2.75, 3.05) is 6.54 Å². The van der Waals surface area contributed by atoms with E-state index in [1.165, 1.54) is 17.8 Å². The van der Waals surface area contributed by atoms with Gasteiger partial charge in [-0.15, -0.1) is 11.3 Å². The Morgan fingerprint density at radius 1 is 1.13 bits per heavy atom. The number of thiazole rings is 1. The third-order valence-electron chi connectivity index (χ3n) is 4.81. The largest absolute Gasteiger partial charge is 0.441 e. The molecule has 7 heteroatoms. The Labute approximate surface area is 184 Å². The van der Waals surface area contributed by atoms with Gasteiger partial charge in [0.15, 0.2) is 11.7 Å². The summed E-state index contributed by atoms with van der Waals surface area (Å²) in [6.07, 6.45) is 2.77. The molecule has 5 nitrogen and oxygen atoms in total. The maximum Gasteiger partial charge on any atom is 0.220 e. The van der Waals surface area contributed by atoms with E-state index in [0.29, 0.717) is 36.6 Å². The van der Waals surface area contributed by atoms with Gasteiger partial charge in [0, 0.05) is 36.8 Å². The van der Waals surface area contributed by atoms with Crippen LogP contribution in [-0.4, -0.2) is 22.4 Å². The molecule has 158 valence electrons. The fraction of sp³-hybridized carbons (Fsp3) is 0.208. The van der Waals surface area contributed by atoms with Crippen LogP contribution >= 0.6 is 11.3 Å². The molecule has 0 aliphatic heterocycles. The summed E-state index contributed by atoms with van der Waals surface area (Å²) in [6, 6.07) is 14.6. The van der Waals surface area contributed by atoms with E-state index in [1.54, 1.807) is 29.5 Å². The highest BCUT2D eigenvalue weighted by atomic mass is 32.1. The number of hydrogen-bond acceptors (Lipinski definition) is 5. The zero-order valence-electron chi connectivity index (χ0n) is 17.1. The third kappa shape index (κ3) is 5.44. The van der Waals surface area contributed by atoms with Crippen LogP contribution in [0.3, 0.4) is 0 Å². The lowest BCUT2D eigenvalue weighted by Gasteiger charge is -2.03. The zero-order valence-corrected chi connectivity index (χ0v) is 17.9. The molecule has 1 amide bonds. The SMILES string of the molecule is Cc1ccc(-c2nc(CCNC(=O)CCc3ncc(-c4ccccc4F)o3)cs2)cc1. The molecule has 2 aromatic heterocycles. The summed E-state index contributed by atoms with van der Waals surface area (Å²) in [6.45, 7) is 2.58. The minimum Gasteiger partial charge on any atom is -0.441 e. The molecule has 0 bridgehead atoms. The Morgan fingerprint density at radius 3 is 2.74 bits per heavy atom. The third-order valence-corrected chi connectivity index (χ3v) is 5.75. The van der Waals surface area contributed by atoms with Gasteiger partial charge in [0.05, 0.1) is 17.5 Å². The van der Waals surface area contributed by atoms with Gasteiger partial charge in [-0.2, -0.15) is 0 Å². The van der Waals surface area contributed by atoms with Crippen molar-refractivity contribution in [2.45, 2.75) is 26.2 Å². The van der Waals surface area contributed by atoms with Gasteiger partial charge in [0.2, 0.25) is 5.91 Å². The molecular formula is C24H22FN3O2S. The summed E-state index contributed by atoms with van der Waals surface area (Å²) >= 11 is 1.61. The van der Waals surface area contributed by atoms with E-state index in [0.717, 1.165) is 16.3 Å². The quantitative estimate of drug-likeness (QED) is 0.413. The Kier molecular flexibility index (Phi) is 6.52. The number of halogens is 1. The smallest absolute Gasteiger partial charge is 0.220 e. The van der Waals surface area contributed by atoms with Crippen molar-refractivity contribution >= 4 is 17.2 Å². The summed E-state index contributed by atoms with van der Waals surface area (Å²) in [7, 11) is 0. The van der Waals surface area contributed by atoms with E-state index in [-0.39, 0.29) is 18.1 Å². The molecule has 0 fully saturated rings. The van der Waals surface area contributed by atoms with E-state index in [1.807, 2.05) is 5.38 Å². The second-order valence-corrected chi connectivity index (χ2v) is 8.07. The summed E-state index contributed by atoms with van der Waals surface area (Å²) in [5.41, 5.74) is 3.64. The summed E-state index contributed by atoms with van der Waals surface area (Å²) in [5, 5.41) is 5.91. The number of oxazole rings is 1. The molecule has 0 saturated carbocycles. The first-order chi connectivity index (χ1) is 15.1. The van der Waals surface area contributed by atoms with Crippen LogP contribution < -0.4 is 5.32 Å². The lowest BCUT2D eigenvalue weighted by atomic mass is 10.2. The number of nitrogens with zero attached hydrogens (tertiary/aromatic N) is 2. The highest BCUT2D eigenvalue weighted by Gasteiger charge is 2.12. The minimum absolute atomic E-state index is 0.0837. The predicted molar refractivity (Wildman–Crippen MR) is 119 cm³/mol. The van der Waals surface area contributed by atoms with Crippen molar-refractivity contribution in [1.82, 2.24) is 15.3 Å². The van der Waals surface area contributed by atoms with Crippen molar-refractivity contribution in [1.29, 1.82) is 0 Å². The Morgan fingerprint density at radius 2 is 1.94 bits per heavy atom. The van der Waals surface area contributed by atoms with Crippen LogP contribution in [0.5, 0.6) is 0 Å². The van der Waals surface area contributed by atoms with Crippen LogP contribution in [0.25, 0.3) is 21.9 Å². The predicted octanol–water partition coefficient (Wildman–Crippen LogP) is 5.20. The van der Waals surface area contributed by atoms with Crippen molar-refractivity contribution in [3.8, 4) is 21.9 Å². The molecule has 4 rings (SSSR count). The molecule has 4 aromatic rings. The lowest BCUT2D eigenvalue weighted by Crippen LogP contribution is -2.25. The highest BCUT2D eigenvalue weighted by molar-refractivity contribution is 7.13. The lowest BCUT2D eigenvalue weighted by molar-refractivity contribution is -0.121. The van der Waals surface area contributed by atoms with Gasteiger partial charge < -0.3 is 9.73 Å². The normalized spacial score (nSPS) is 10.9. The van der Waals surface area contributed by atoms with Gasteiger partial charge in [0.1, 0.15) is 10.8 Å². The van der Waals surface area contributed by atoms with Gasteiger partial charge in [-0.25, -0.2) is 14.4 Å². The van der Waals surface area contributed by atoms with Crippen molar-refractivity contribution < 1.29 is 13.6 Å². The standard InChI is InChI=1S/C24H22FN3O2S/c1-16-6-8-17(9-7-16)24-28-18(15-31-24)12-13-26-22(29)10-11-23-27-14-21(30-23)19-4-2-3-5-20(19)25/h2-9,14-15H,10-13H2,1H3,(H,26,29). The van der Waals surface area contributed by atoms with E-state index in [4.69, 9.17) is 4.42 Å². The summed E-state index contributed by atoms with van der Waals surface area (Å²) in [4.78, 5) is 20.9. The molecule has 0 spiro atoms. The average molecular weight is 436 g/mol. The first-order valence-corrected chi connectivity index (χ1v) is 10.9. The number of carbonyl (C=O) groups is 1. The summed E-state index contributed by atoms with van der Waals surface area (Å²) in [5.74, 6) is 0.326. The molecule has 0 aliphatic carbocycles. The number of aryl methyl sites for hydroxylation is 2. The molecule has 2 aromatic carbocycles. The molecule has 1 N–H and O–H groups in total. The Balaban J connectivity index is 1.22. The Bertz CT molecular complexity index is 1170. The molecule has 0 saturated heterocycles. The van der Waals surface area contributed by atoms with Crippen molar-refractivity contribution in [3.05, 3.63) is 83.1 Å². The monoisotopic (exact) mass is 435 g/mol. The fourth-order valence-electron chi connectivity index (χ4n) is 3.10. The van der Waals surface area contributed by atoms with Crippen LogP contribution in [0.2, 0.25) is 0 Å². The maximum atomic E-state index is 13.8.